The molecule has 2 heterocycles. The smallest absolute Gasteiger partial charge is 0.0685 e. The summed E-state index contributed by atoms with van der Waals surface area (Å²) in [7, 11) is 0. The Morgan fingerprint density at radius 2 is 1.79 bits per heavy atom. The zero-order valence-electron chi connectivity index (χ0n) is 15.2. The van der Waals surface area contributed by atoms with Crippen LogP contribution in [-0.2, 0) is 6.54 Å². The van der Waals surface area contributed by atoms with Crippen molar-refractivity contribution in [2.75, 3.05) is 0 Å². The third kappa shape index (κ3) is 3.53. The highest BCUT2D eigenvalue weighted by Gasteiger charge is 2.23. The molecule has 1 saturated heterocycles. The van der Waals surface area contributed by atoms with Gasteiger partial charge in [0.15, 0.2) is 0 Å². The predicted molar refractivity (Wildman–Crippen MR) is 99.5 cm³/mol. The lowest BCUT2D eigenvalue weighted by atomic mass is 10.00. The van der Waals surface area contributed by atoms with Gasteiger partial charge in [-0.25, -0.2) is 0 Å². The third-order valence-electron chi connectivity index (χ3n) is 5.08. The van der Waals surface area contributed by atoms with Crippen molar-refractivity contribution >= 4 is 6.21 Å². The van der Waals surface area contributed by atoms with Crippen LogP contribution < -0.4 is 0 Å². The maximum Gasteiger partial charge on any atom is 0.0685 e. The lowest BCUT2D eigenvalue weighted by molar-refractivity contribution is 0.109. The Hall–Kier alpha value is -2.10. The van der Waals surface area contributed by atoms with Crippen LogP contribution in [0, 0.1) is 13.8 Å². The summed E-state index contributed by atoms with van der Waals surface area (Å²) in [5.74, 6) is 0. The molecule has 0 radical (unpaired) electrons. The minimum atomic E-state index is 0.518. The largest absolute Gasteiger partial charge is 0.292 e. The molecule has 0 aliphatic carbocycles. The molecule has 1 aromatic carbocycles. The number of hydrogen-bond acceptors (Lipinski definition) is 3. The number of rotatable bonds is 4. The van der Waals surface area contributed by atoms with Crippen molar-refractivity contribution in [1.82, 2.24) is 14.8 Å². The molecule has 0 unspecified atom stereocenters. The molecule has 3 rings (SSSR count). The van der Waals surface area contributed by atoms with Crippen LogP contribution in [0.1, 0.15) is 55.6 Å². The van der Waals surface area contributed by atoms with Gasteiger partial charge < -0.3 is 0 Å². The highest BCUT2D eigenvalue weighted by Crippen LogP contribution is 2.23. The highest BCUT2D eigenvalue weighted by atomic mass is 15.5. The quantitative estimate of drug-likeness (QED) is 0.792. The Balaban J connectivity index is 1.80. The summed E-state index contributed by atoms with van der Waals surface area (Å²) in [5, 5.41) is 11.8. The van der Waals surface area contributed by atoms with Crippen molar-refractivity contribution in [2.24, 2.45) is 5.10 Å². The van der Waals surface area contributed by atoms with Crippen molar-refractivity contribution in [3.8, 4) is 0 Å². The Morgan fingerprint density at radius 1 is 1.12 bits per heavy atom. The summed E-state index contributed by atoms with van der Waals surface area (Å²) >= 11 is 0. The molecule has 1 aliphatic heterocycles. The van der Waals surface area contributed by atoms with Gasteiger partial charge in [-0.15, -0.1) is 0 Å². The standard InChI is InChI=1S/C20H28N4/c1-15-9-8-10-16(2)24(15)21-13-20-17(3)22-23(18(20)4)14-19-11-6-5-7-12-19/h5-7,11-13,15-16H,8-10,14H2,1-4H3/b21-13-/t15-,16+. The van der Waals surface area contributed by atoms with Gasteiger partial charge in [0.25, 0.3) is 0 Å². The number of hydrogen-bond donors (Lipinski definition) is 0. The van der Waals surface area contributed by atoms with Crippen molar-refractivity contribution in [3.63, 3.8) is 0 Å². The van der Waals surface area contributed by atoms with Gasteiger partial charge in [-0.1, -0.05) is 30.3 Å². The fourth-order valence-electron chi connectivity index (χ4n) is 3.57. The van der Waals surface area contributed by atoms with E-state index in [0.717, 1.165) is 17.8 Å². The van der Waals surface area contributed by atoms with Gasteiger partial charge >= 0.3 is 0 Å². The summed E-state index contributed by atoms with van der Waals surface area (Å²) in [6.45, 7) is 9.54. The number of benzene rings is 1. The van der Waals surface area contributed by atoms with Crippen LogP contribution in [-0.4, -0.2) is 33.1 Å². The summed E-state index contributed by atoms with van der Waals surface area (Å²) in [6, 6.07) is 11.5. The molecule has 0 amide bonds. The first-order valence-corrected chi connectivity index (χ1v) is 8.96. The van der Waals surface area contributed by atoms with E-state index in [4.69, 9.17) is 10.2 Å². The molecule has 2 aromatic rings. The van der Waals surface area contributed by atoms with E-state index >= 15 is 0 Å². The summed E-state index contributed by atoms with van der Waals surface area (Å²) < 4.78 is 2.08. The molecule has 1 aliphatic rings. The van der Waals surface area contributed by atoms with Gasteiger partial charge in [0.2, 0.25) is 0 Å². The summed E-state index contributed by atoms with van der Waals surface area (Å²) in [4.78, 5) is 0. The van der Waals surface area contributed by atoms with Gasteiger partial charge in [-0.2, -0.15) is 10.2 Å². The van der Waals surface area contributed by atoms with E-state index < -0.39 is 0 Å². The first kappa shape index (κ1) is 16.7. The van der Waals surface area contributed by atoms with Crippen LogP contribution in [0.15, 0.2) is 35.4 Å². The monoisotopic (exact) mass is 324 g/mol. The molecular weight excluding hydrogens is 296 g/mol. The van der Waals surface area contributed by atoms with Crippen LogP contribution in [0.3, 0.4) is 0 Å². The zero-order valence-corrected chi connectivity index (χ0v) is 15.2. The Kier molecular flexibility index (Phi) is 5.03. The fraction of sp³-hybridized carbons (Fsp3) is 0.500. The van der Waals surface area contributed by atoms with Crippen molar-refractivity contribution < 1.29 is 0 Å². The zero-order chi connectivity index (χ0) is 17.1. The Labute approximate surface area is 145 Å². The number of nitrogens with zero attached hydrogens (tertiary/aromatic N) is 4. The first-order chi connectivity index (χ1) is 11.6. The Bertz CT molecular complexity index is 692. The maximum atomic E-state index is 4.81. The second-order valence-corrected chi connectivity index (χ2v) is 6.98. The third-order valence-corrected chi connectivity index (χ3v) is 5.08. The van der Waals surface area contributed by atoms with E-state index in [2.05, 4.69) is 61.7 Å². The van der Waals surface area contributed by atoms with E-state index in [1.165, 1.54) is 30.5 Å². The summed E-state index contributed by atoms with van der Waals surface area (Å²) in [5.41, 5.74) is 4.64. The average molecular weight is 324 g/mol. The highest BCUT2D eigenvalue weighted by molar-refractivity contribution is 5.82. The minimum absolute atomic E-state index is 0.518. The Morgan fingerprint density at radius 3 is 2.46 bits per heavy atom. The van der Waals surface area contributed by atoms with Crippen LogP contribution in [0.25, 0.3) is 0 Å². The molecule has 128 valence electrons. The van der Waals surface area contributed by atoms with Crippen molar-refractivity contribution in [1.29, 1.82) is 0 Å². The topological polar surface area (TPSA) is 33.4 Å². The van der Waals surface area contributed by atoms with Crippen molar-refractivity contribution in [2.45, 2.75) is 65.6 Å². The van der Waals surface area contributed by atoms with E-state index in [9.17, 15) is 0 Å². The normalized spacial score (nSPS) is 21.6. The van der Waals surface area contributed by atoms with E-state index in [-0.39, 0.29) is 0 Å². The second-order valence-electron chi connectivity index (χ2n) is 6.98. The van der Waals surface area contributed by atoms with E-state index in [1.807, 2.05) is 12.3 Å². The van der Waals surface area contributed by atoms with Gasteiger partial charge in [-0.3, -0.25) is 9.69 Å². The molecule has 1 fully saturated rings. The molecule has 4 heteroatoms. The average Bonchev–Trinajstić information content (AvgIpc) is 2.82. The van der Waals surface area contributed by atoms with Crippen LogP contribution in [0.4, 0.5) is 0 Å². The van der Waals surface area contributed by atoms with Gasteiger partial charge in [0.1, 0.15) is 0 Å². The molecule has 1 aromatic heterocycles. The molecule has 0 saturated carbocycles. The second kappa shape index (κ2) is 7.20. The fourth-order valence-corrected chi connectivity index (χ4v) is 3.57. The lowest BCUT2D eigenvalue weighted by Gasteiger charge is -2.36. The van der Waals surface area contributed by atoms with Gasteiger partial charge in [0.05, 0.1) is 18.5 Å². The maximum absolute atomic E-state index is 4.81. The molecule has 0 N–H and O–H groups in total. The molecule has 2 atom stereocenters. The first-order valence-electron chi connectivity index (χ1n) is 8.96. The lowest BCUT2D eigenvalue weighted by Crippen LogP contribution is -2.39. The predicted octanol–water partition coefficient (Wildman–Crippen LogP) is 4.15. The van der Waals surface area contributed by atoms with Crippen molar-refractivity contribution in [3.05, 3.63) is 52.8 Å². The number of aromatic nitrogens is 2. The number of hydrazone groups is 1. The number of piperidine rings is 1. The number of aryl methyl sites for hydroxylation is 1. The van der Waals surface area contributed by atoms with E-state index in [0.29, 0.717) is 12.1 Å². The van der Waals surface area contributed by atoms with Crippen LogP contribution >= 0.6 is 0 Å². The molecule has 24 heavy (non-hydrogen) atoms. The SMILES string of the molecule is Cc1nn(Cc2ccccc2)c(C)c1/C=N\N1[C@H](C)CCC[C@@H]1C. The molecule has 0 spiro atoms. The van der Waals surface area contributed by atoms with Crippen LogP contribution in [0.5, 0.6) is 0 Å². The molecular formula is C20H28N4. The molecule has 0 bridgehead atoms. The minimum Gasteiger partial charge on any atom is -0.292 e. The molecule has 4 nitrogen and oxygen atoms in total. The summed E-state index contributed by atoms with van der Waals surface area (Å²) in [6.07, 6.45) is 5.78. The van der Waals surface area contributed by atoms with Gasteiger partial charge in [-0.05, 0) is 52.5 Å². The van der Waals surface area contributed by atoms with E-state index in [1.54, 1.807) is 0 Å². The van der Waals surface area contributed by atoms with Crippen LogP contribution in [0.2, 0.25) is 0 Å². The van der Waals surface area contributed by atoms with Gasteiger partial charge in [0, 0.05) is 23.3 Å².